The van der Waals surface area contributed by atoms with Gasteiger partial charge < -0.3 is 8.83 Å². The van der Waals surface area contributed by atoms with Crippen LogP contribution in [0.3, 0.4) is 0 Å². The fourth-order valence-electron chi connectivity index (χ4n) is 8.93. The molecule has 0 fully saturated rings. The lowest BCUT2D eigenvalue weighted by molar-refractivity contribution is 0.669. The van der Waals surface area contributed by atoms with Crippen LogP contribution in [0.1, 0.15) is 0 Å². The molecule has 0 radical (unpaired) electrons. The smallest absolute Gasteiger partial charge is 0.235 e. The highest BCUT2D eigenvalue weighted by Crippen LogP contribution is 2.46. The normalized spacial score (nSPS) is 12.3. The molecule has 0 atom stereocenters. The zero-order valence-corrected chi connectivity index (χ0v) is 30.5. The van der Waals surface area contributed by atoms with Gasteiger partial charge in [0.25, 0.3) is 0 Å². The van der Waals surface area contributed by atoms with E-state index in [-0.39, 0.29) is 0 Å². The maximum atomic E-state index is 7.07. The second-order valence-corrected chi connectivity index (χ2v) is 15.5. The molecule has 56 heavy (non-hydrogen) atoms. The summed E-state index contributed by atoms with van der Waals surface area (Å²) in [6, 6.07) is 57.5. The number of hydrogen-bond donors (Lipinski definition) is 0. The van der Waals surface area contributed by atoms with E-state index in [1.54, 1.807) is 11.3 Å². The first-order valence-corrected chi connectivity index (χ1v) is 19.6. The molecule has 5 nitrogen and oxygen atoms in total. The largest absolute Gasteiger partial charge is 0.456 e. The fraction of sp³-hybridized carbons (Fsp3) is 0. The Hall–Kier alpha value is -7.28. The highest BCUT2D eigenvalue weighted by Gasteiger charge is 2.24. The van der Waals surface area contributed by atoms with E-state index in [2.05, 4.69) is 150 Å². The third-order valence-corrected chi connectivity index (χ3v) is 12.6. The Labute approximate surface area is 322 Å². The summed E-state index contributed by atoms with van der Waals surface area (Å²) in [4.78, 5) is 10.7. The van der Waals surface area contributed by atoms with E-state index >= 15 is 0 Å². The molecule has 6 heteroatoms. The molecule has 0 aliphatic heterocycles. The molecule has 0 spiro atoms. The molecule has 260 valence electrons. The van der Waals surface area contributed by atoms with Crippen LogP contribution in [0.25, 0.3) is 125 Å². The van der Waals surface area contributed by atoms with Crippen molar-refractivity contribution in [3.05, 3.63) is 164 Å². The molecule has 0 saturated carbocycles. The molecule has 5 heterocycles. The highest BCUT2D eigenvalue weighted by molar-refractivity contribution is 7.26. The van der Waals surface area contributed by atoms with Crippen molar-refractivity contribution >= 4 is 108 Å². The van der Waals surface area contributed by atoms with Crippen molar-refractivity contribution in [2.45, 2.75) is 0 Å². The van der Waals surface area contributed by atoms with Crippen molar-refractivity contribution in [1.29, 1.82) is 0 Å². The average molecular weight is 734 g/mol. The van der Waals surface area contributed by atoms with Crippen molar-refractivity contribution < 1.29 is 8.83 Å². The van der Waals surface area contributed by atoms with Crippen LogP contribution in [0.4, 0.5) is 0 Å². The van der Waals surface area contributed by atoms with E-state index < -0.39 is 0 Å². The first-order chi connectivity index (χ1) is 27.8. The second-order valence-electron chi connectivity index (χ2n) is 14.5. The van der Waals surface area contributed by atoms with E-state index in [4.69, 9.17) is 18.8 Å². The molecule has 0 saturated heterocycles. The second kappa shape index (κ2) is 11.1. The molecule has 0 unspecified atom stereocenters. The molecule has 0 amide bonds. The molecule has 0 aliphatic carbocycles. The van der Waals surface area contributed by atoms with Gasteiger partial charge in [-0.15, -0.1) is 11.3 Å². The van der Waals surface area contributed by atoms with Gasteiger partial charge in [-0.3, -0.25) is 4.57 Å². The van der Waals surface area contributed by atoms with Crippen molar-refractivity contribution in [1.82, 2.24) is 14.5 Å². The van der Waals surface area contributed by atoms with Gasteiger partial charge in [0.1, 0.15) is 22.3 Å². The summed E-state index contributed by atoms with van der Waals surface area (Å²) in [5.74, 6) is 0.635. The molecule has 8 aromatic carbocycles. The molecule has 13 rings (SSSR count). The summed E-state index contributed by atoms with van der Waals surface area (Å²) in [6.07, 6.45) is 0. The van der Waals surface area contributed by atoms with Crippen LogP contribution in [-0.2, 0) is 0 Å². The minimum absolute atomic E-state index is 0.635. The lowest BCUT2D eigenvalue weighted by Crippen LogP contribution is -2.02. The maximum absolute atomic E-state index is 7.07. The molecular formula is C50H27N3O2S. The van der Waals surface area contributed by atoms with E-state index in [9.17, 15) is 0 Å². The van der Waals surface area contributed by atoms with E-state index in [1.807, 2.05) is 18.2 Å². The highest BCUT2D eigenvalue weighted by atomic mass is 32.1. The Bertz CT molecular complexity index is 3770. The number of hydrogen-bond acceptors (Lipinski definition) is 5. The van der Waals surface area contributed by atoms with Crippen LogP contribution in [-0.4, -0.2) is 14.5 Å². The number of aromatic nitrogens is 3. The number of benzene rings is 8. The van der Waals surface area contributed by atoms with Crippen molar-refractivity contribution in [3.8, 4) is 28.3 Å². The lowest BCUT2D eigenvalue weighted by Gasteiger charge is -2.10. The van der Waals surface area contributed by atoms with Gasteiger partial charge in [0, 0.05) is 48.0 Å². The van der Waals surface area contributed by atoms with Gasteiger partial charge >= 0.3 is 0 Å². The van der Waals surface area contributed by atoms with Crippen LogP contribution >= 0.6 is 11.3 Å². The first kappa shape index (κ1) is 30.1. The van der Waals surface area contributed by atoms with Crippen LogP contribution in [0.15, 0.2) is 173 Å². The quantitative estimate of drug-likeness (QED) is 0.181. The van der Waals surface area contributed by atoms with Gasteiger partial charge in [-0.1, -0.05) is 115 Å². The standard InChI is InChI=1S/C50H27N3O2S/c1-2-12-28(13-3-1)45-49-46(36-18-8-11-21-43(36)56-49)52-50(51-45)53-39-19-9-6-17-35(39)44-40(53)25-24-34-38-27-37(30-14-4-5-16-33(30)47(38)55-48(34)44)29-22-23-32-31-15-7-10-20-41(31)54-42(32)26-29/h1-27H. The Morgan fingerprint density at radius 2 is 1.14 bits per heavy atom. The number of fused-ring (bicyclic) bond motifs is 15. The zero-order chi connectivity index (χ0) is 36.5. The molecule has 0 aliphatic rings. The van der Waals surface area contributed by atoms with Gasteiger partial charge in [0.05, 0.1) is 32.3 Å². The van der Waals surface area contributed by atoms with Crippen LogP contribution in [0.2, 0.25) is 0 Å². The molecule has 13 aromatic rings. The summed E-state index contributed by atoms with van der Waals surface area (Å²) in [5, 5.41) is 9.86. The number of thiophene rings is 1. The van der Waals surface area contributed by atoms with Gasteiger partial charge in [-0.2, -0.15) is 0 Å². The van der Waals surface area contributed by atoms with E-state index in [0.717, 1.165) is 114 Å². The van der Waals surface area contributed by atoms with Gasteiger partial charge in [-0.25, -0.2) is 9.97 Å². The topological polar surface area (TPSA) is 57.0 Å². The van der Waals surface area contributed by atoms with Gasteiger partial charge in [-0.05, 0) is 65.0 Å². The minimum Gasteiger partial charge on any atom is -0.456 e. The Morgan fingerprint density at radius 1 is 0.446 bits per heavy atom. The van der Waals surface area contributed by atoms with Crippen molar-refractivity contribution in [3.63, 3.8) is 0 Å². The van der Waals surface area contributed by atoms with Gasteiger partial charge in [0.15, 0.2) is 0 Å². The Balaban J connectivity index is 1.10. The third-order valence-electron chi connectivity index (χ3n) is 11.4. The first-order valence-electron chi connectivity index (χ1n) is 18.7. The average Bonchev–Trinajstić information content (AvgIpc) is 4.02. The predicted octanol–water partition coefficient (Wildman–Crippen LogP) is 14.2. The predicted molar refractivity (Wildman–Crippen MR) is 232 cm³/mol. The number of para-hydroxylation sites is 2. The van der Waals surface area contributed by atoms with Crippen LogP contribution in [0.5, 0.6) is 0 Å². The maximum Gasteiger partial charge on any atom is 0.235 e. The lowest BCUT2D eigenvalue weighted by atomic mass is 9.94. The van der Waals surface area contributed by atoms with Crippen molar-refractivity contribution in [2.24, 2.45) is 0 Å². The fourth-order valence-corrected chi connectivity index (χ4v) is 10.1. The van der Waals surface area contributed by atoms with Gasteiger partial charge in [0.2, 0.25) is 5.95 Å². The summed E-state index contributed by atoms with van der Waals surface area (Å²) in [5.41, 5.74) is 10.7. The number of furan rings is 2. The van der Waals surface area contributed by atoms with E-state index in [0.29, 0.717) is 5.95 Å². The summed E-state index contributed by atoms with van der Waals surface area (Å²) < 4.78 is 17.9. The Kier molecular flexibility index (Phi) is 5.98. The SMILES string of the molecule is c1ccc(-c2nc(-n3c4ccccc4c4c5oc6c7ccccc7c(-c7ccc8c(c7)oc7ccccc78)cc6c5ccc43)nc3c2sc2ccccc23)cc1. The zero-order valence-electron chi connectivity index (χ0n) is 29.7. The monoisotopic (exact) mass is 733 g/mol. The molecule has 0 N–H and O–H groups in total. The van der Waals surface area contributed by atoms with Crippen LogP contribution in [0, 0.1) is 0 Å². The minimum atomic E-state index is 0.635. The summed E-state index contributed by atoms with van der Waals surface area (Å²) in [6.45, 7) is 0. The number of rotatable bonds is 3. The molecule has 5 aromatic heterocycles. The number of nitrogens with zero attached hydrogens (tertiary/aromatic N) is 3. The van der Waals surface area contributed by atoms with Crippen molar-refractivity contribution in [2.75, 3.05) is 0 Å². The molecule has 0 bridgehead atoms. The summed E-state index contributed by atoms with van der Waals surface area (Å²) >= 11 is 1.75. The molecular weight excluding hydrogens is 707 g/mol. The van der Waals surface area contributed by atoms with E-state index in [1.165, 1.54) is 4.70 Å². The third kappa shape index (κ3) is 4.08. The summed E-state index contributed by atoms with van der Waals surface area (Å²) in [7, 11) is 0. The Morgan fingerprint density at radius 3 is 2.04 bits per heavy atom. The van der Waals surface area contributed by atoms with Crippen LogP contribution < -0.4 is 0 Å².